The summed E-state index contributed by atoms with van der Waals surface area (Å²) in [5, 5.41) is 37.3. The van der Waals surface area contributed by atoms with E-state index in [1.54, 1.807) is 6.92 Å². The quantitative estimate of drug-likeness (QED) is 0.450. The second-order valence-corrected chi connectivity index (χ2v) is 3.86. The van der Waals surface area contributed by atoms with Crippen molar-refractivity contribution >= 4 is 0 Å². The van der Waals surface area contributed by atoms with Crippen molar-refractivity contribution in [2.45, 2.75) is 50.7 Å². The zero-order chi connectivity index (χ0) is 11.6. The molecular weight excluding hydrogens is 204 g/mol. The van der Waals surface area contributed by atoms with E-state index >= 15 is 0 Å². The SMILES string of the molecule is CC(O)CO[C@H]1O[C@H](C)[C@@H](O)[C@@H](O)[C@@H]1O. The number of aliphatic hydroxyl groups excluding tert-OH is 4. The molecule has 0 radical (unpaired) electrons. The van der Waals surface area contributed by atoms with Gasteiger partial charge in [0.15, 0.2) is 6.29 Å². The second-order valence-electron chi connectivity index (χ2n) is 3.86. The first-order chi connectivity index (χ1) is 6.93. The van der Waals surface area contributed by atoms with Gasteiger partial charge in [-0.2, -0.15) is 0 Å². The predicted molar refractivity (Wildman–Crippen MR) is 50.0 cm³/mol. The molecule has 1 heterocycles. The minimum absolute atomic E-state index is 0.00272. The predicted octanol–water partition coefficient (Wildman–Crippen LogP) is -1.79. The maximum atomic E-state index is 9.50. The minimum atomic E-state index is -1.31. The first kappa shape index (κ1) is 12.8. The molecule has 0 aliphatic carbocycles. The lowest BCUT2D eigenvalue weighted by molar-refractivity contribution is -0.296. The molecule has 0 spiro atoms. The maximum absolute atomic E-state index is 9.50. The average Bonchev–Trinajstić information content (AvgIpc) is 2.18. The Balaban J connectivity index is 2.51. The van der Waals surface area contributed by atoms with Crippen LogP contribution in [0.2, 0.25) is 0 Å². The monoisotopic (exact) mass is 222 g/mol. The molecule has 1 fully saturated rings. The molecule has 0 amide bonds. The van der Waals surface area contributed by atoms with Gasteiger partial charge < -0.3 is 29.9 Å². The van der Waals surface area contributed by atoms with Gasteiger partial charge in [0.05, 0.1) is 18.8 Å². The molecule has 0 saturated carbocycles. The van der Waals surface area contributed by atoms with Crippen molar-refractivity contribution in [3.8, 4) is 0 Å². The molecule has 0 aromatic heterocycles. The Bertz CT molecular complexity index is 197. The number of ether oxygens (including phenoxy) is 2. The van der Waals surface area contributed by atoms with Crippen molar-refractivity contribution in [3.63, 3.8) is 0 Å². The topological polar surface area (TPSA) is 99.4 Å². The van der Waals surface area contributed by atoms with E-state index in [0.717, 1.165) is 0 Å². The number of rotatable bonds is 3. The normalized spacial score (nSPS) is 44.0. The Hall–Kier alpha value is -0.240. The summed E-state index contributed by atoms with van der Waals surface area (Å²) in [5.74, 6) is 0. The van der Waals surface area contributed by atoms with Crippen molar-refractivity contribution in [1.82, 2.24) is 0 Å². The fourth-order valence-electron chi connectivity index (χ4n) is 1.39. The van der Waals surface area contributed by atoms with E-state index in [2.05, 4.69) is 0 Å². The summed E-state index contributed by atoms with van der Waals surface area (Å²) in [6.07, 6.45) is -6.07. The number of hydrogen-bond acceptors (Lipinski definition) is 6. The van der Waals surface area contributed by atoms with Gasteiger partial charge in [-0.1, -0.05) is 0 Å². The van der Waals surface area contributed by atoms with Gasteiger partial charge in [-0.25, -0.2) is 0 Å². The van der Waals surface area contributed by atoms with Crippen LogP contribution in [0.1, 0.15) is 13.8 Å². The summed E-state index contributed by atoms with van der Waals surface area (Å²) in [4.78, 5) is 0. The van der Waals surface area contributed by atoms with E-state index in [-0.39, 0.29) is 6.61 Å². The molecule has 1 unspecified atom stereocenters. The highest BCUT2D eigenvalue weighted by molar-refractivity contribution is 4.87. The van der Waals surface area contributed by atoms with Crippen LogP contribution in [0.5, 0.6) is 0 Å². The third kappa shape index (κ3) is 3.10. The summed E-state index contributed by atoms with van der Waals surface area (Å²) in [5.41, 5.74) is 0. The van der Waals surface area contributed by atoms with E-state index in [1.165, 1.54) is 6.92 Å². The standard InChI is InChI=1S/C9H18O6/c1-4(10)3-14-9-8(13)7(12)6(11)5(2)15-9/h4-13H,3H2,1-2H3/t4?,5-,6-,7-,8+,9+/m1/s1. The lowest BCUT2D eigenvalue weighted by Crippen LogP contribution is -2.57. The Kier molecular flexibility index (Phi) is 4.45. The van der Waals surface area contributed by atoms with Gasteiger partial charge in [0.1, 0.15) is 18.3 Å². The molecule has 1 rings (SSSR count). The molecule has 6 nitrogen and oxygen atoms in total. The maximum Gasteiger partial charge on any atom is 0.186 e. The fraction of sp³-hybridized carbons (Fsp3) is 1.00. The van der Waals surface area contributed by atoms with E-state index in [1.807, 2.05) is 0 Å². The van der Waals surface area contributed by atoms with Crippen LogP contribution in [0.3, 0.4) is 0 Å². The molecule has 0 bridgehead atoms. The summed E-state index contributed by atoms with van der Waals surface area (Å²) < 4.78 is 10.2. The minimum Gasteiger partial charge on any atom is -0.391 e. The molecular formula is C9H18O6. The van der Waals surface area contributed by atoms with Crippen LogP contribution in [0.4, 0.5) is 0 Å². The molecule has 6 atom stereocenters. The third-order valence-corrected chi connectivity index (χ3v) is 2.31. The molecule has 1 saturated heterocycles. The highest BCUT2D eigenvalue weighted by Gasteiger charge is 2.42. The number of aliphatic hydroxyl groups is 4. The van der Waals surface area contributed by atoms with Gasteiger partial charge in [0.25, 0.3) is 0 Å². The van der Waals surface area contributed by atoms with Crippen molar-refractivity contribution in [1.29, 1.82) is 0 Å². The van der Waals surface area contributed by atoms with Crippen LogP contribution in [0.15, 0.2) is 0 Å². The smallest absolute Gasteiger partial charge is 0.186 e. The molecule has 1 aliphatic heterocycles. The van der Waals surface area contributed by atoms with Gasteiger partial charge in [-0.3, -0.25) is 0 Å². The Morgan fingerprint density at radius 3 is 2.33 bits per heavy atom. The molecule has 15 heavy (non-hydrogen) atoms. The Morgan fingerprint density at radius 1 is 1.20 bits per heavy atom. The molecule has 0 aromatic rings. The van der Waals surface area contributed by atoms with E-state index < -0.39 is 36.8 Å². The van der Waals surface area contributed by atoms with Gasteiger partial charge in [0.2, 0.25) is 0 Å². The van der Waals surface area contributed by atoms with E-state index in [4.69, 9.17) is 14.6 Å². The second kappa shape index (κ2) is 5.20. The summed E-state index contributed by atoms with van der Waals surface area (Å²) in [7, 11) is 0. The van der Waals surface area contributed by atoms with Gasteiger partial charge >= 0.3 is 0 Å². The molecule has 1 aliphatic rings. The zero-order valence-corrected chi connectivity index (χ0v) is 8.78. The first-order valence-electron chi connectivity index (χ1n) is 4.92. The zero-order valence-electron chi connectivity index (χ0n) is 8.78. The van der Waals surface area contributed by atoms with Crippen LogP contribution in [-0.4, -0.2) is 63.8 Å². The summed E-state index contributed by atoms with van der Waals surface area (Å²) in [6, 6.07) is 0. The van der Waals surface area contributed by atoms with Crippen molar-refractivity contribution < 1.29 is 29.9 Å². The molecule has 4 N–H and O–H groups in total. The van der Waals surface area contributed by atoms with Gasteiger partial charge in [-0.15, -0.1) is 0 Å². The van der Waals surface area contributed by atoms with E-state index in [0.29, 0.717) is 0 Å². The lowest BCUT2D eigenvalue weighted by Gasteiger charge is -2.39. The molecule has 6 heteroatoms. The largest absolute Gasteiger partial charge is 0.391 e. The summed E-state index contributed by atoms with van der Waals surface area (Å²) >= 11 is 0. The number of hydrogen-bond donors (Lipinski definition) is 4. The Morgan fingerprint density at radius 2 is 1.80 bits per heavy atom. The average molecular weight is 222 g/mol. The highest BCUT2D eigenvalue weighted by atomic mass is 16.7. The van der Waals surface area contributed by atoms with Crippen LogP contribution in [-0.2, 0) is 9.47 Å². The van der Waals surface area contributed by atoms with Crippen molar-refractivity contribution in [2.24, 2.45) is 0 Å². The molecule has 90 valence electrons. The first-order valence-corrected chi connectivity index (χ1v) is 4.92. The van der Waals surface area contributed by atoms with Crippen LogP contribution >= 0.6 is 0 Å². The summed E-state index contributed by atoms with van der Waals surface area (Å²) in [6.45, 7) is 3.10. The lowest BCUT2D eigenvalue weighted by atomic mass is 10.0. The van der Waals surface area contributed by atoms with Crippen LogP contribution < -0.4 is 0 Å². The molecule has 0 aromatic carbocycles. The van der Waals surface area contributed by atoms with Crippen LogP contribution in [0.25, 0.3) is 0 Å². The van der Waals surface area contributed by atoms with Crippen molar-refractivity contribution in [2.75, 3.05) is 6.61 Å². The fourth-order valence-corrected chi connectivity index (χ4v) is 1.39. The third-order valence-electron chi connectivity index (χ3n) is 2.31. The van der Waals surface area contributed by atoms with Crippen LogP contribution in [0, 0.1) is 0 Å². The van der Waals surface area contributed by atoms with Gasteiger partial charge in [-0.05, 0) is 13.8 Å². The van der Waals surface area contributed by atoms with E-state index in [9.17, 15) is 15.3 Å². The Labute approximate surface area is 88.1 Å². The van der Waals surface area contributed by atoms with Gasteiger partial charge in [0, 0.05) is 0 Å². The highest BCUT2D eigenvalue weighted by Crippen LogP contribution is 2.21. The van der Waals surface area contributed by atoms with Crippen molar-refractivity contribution in [3.05, 3.63) is 0 Å².